The molecule has 104 valence electrons. The minimum absolute atomic E-state index is 0.0230. The van der Waals surface area contributed by atoms with Gasteiger partial charge in [-0.15, -0.1) is 0 Å². The highest BCUT2D eigenvalue weighted by molar-refractivity contribution is 9.10. The van der Waals surface area contributed by atoms with Gasteiger partial charge in [-0.05, 0) is 18.2 Å². The molecule has 20 heavy (non-hydrogen) atoms. The molecule has 1 amide bonds. The van der Waals surface area contributed by atoms with Crippen molar-refractivity contribution in [1.29, 1.82) is 0 Å². The van der Waals surface area contributed by atoms with Crippen LogP contribution < -0.4 is 0 Å². The van der Waals surface area contributed by atoms with Gasteiger partial charge in [0.2, 0.25) is 11.8 Å². The summed E-state index contributed by atoms with van der Waals surface area (Å²) in [5.74, 6) is 0.101. The number of nitrogens with zero attached hydrogens (tertiary/aromatic N) is 2. The van der Waals surface area contributed by atoms with E-state index < -0.39 is 0 Å². The van der Waals surface area contributed by atoms with E-state index in [4.69, 9.17) is 0 Å². The van der Waals surface area contributed by atoms with Gasteiger partial charge in [-0.1, -0.05) is 15.9 Å². The van der Waals surface area contributed by atoms with Crippen LogP contribution in [-0.4, -0.2) is 27.8 Å². The normalized spacial score (nSPS) is 14.4. The number of halogens is 1. The van der Waals surface area contributed by atoms with E-state index in [1.165, 1.54) is 0 Å². The Morgan fingerprint density at radius 1 is 1.20 bits per heavy atom. The fourth-order valence-corrected chi connectivity index (χ4v) is 3.32. The zero-order valence-corrected chi connectivity index (χ0v) is 13.0. The van der Waals surface area contributed by atoms with Crippen LogP contribution in [0.2, 0.25) is 0 Å². The number of hydrogen-bond acceptors (Lipinski definition) is 2. The molecule has 0 aliphatic carbocycles. The van der Waals surface area contributed by atoms with Gasteiger partial charge in [0.15, 0.2) is 0 Å². The Morgan fingerprint density at radius 3 is 2.60 bits per heavy atom. The van der Waals surface area contributed by atoms with E-state index in [-0.39, 0.29) is 11.8 Å². The number of fused-ring (bicyclic) bond motifs is 3. The number of hydrogen-bond donors (Lipinski definition) is 0. The fourth-order valence-electron chi connectivity index (χ4n) is 2.96. The first-order valence-corrected chi connectivity index (χ1v) is 7.36. The predicted molar refractivity (Wildman–Crippen MR) is 80.7 cm³/mol. The lowest BCUT2D eigenvalue weighted by atomic mass is 10.0. The first kappa shape index (κ1) is 13.4. The molecule has 1 aliphatic heterocycles. The third-order valence-electron chi connectivity index (χ3n) is 3.87. The summed E-state index contributed by atoms with van der Waals surface area (Å²) >= 11 is 3.48. The maximum Gasteiger partial charge on any atom is 0.228 e. The number of carbonyl (C=O) groups is 2. The maximum atomic E-state index is 12.0. The molecule has 0 radical (unpaired) electrons. The smallest absolute Gasteiger partial charge is 0.228 e. The second-order valence-electron chi connectivity index (χ2n) is 5.13. The second kappa shape index (κ2) is 4.74. The molecular weight excluding hydrogens is 320 g/mol. The highest BCUT2D eigenvalue weighted by atomic mass is 79.9. The molecule has 1 aromatic heterocycles. The van der Waals surface area contributed by atoms with Crippen molar-refractivity contribution < 1.29 is 9.59 Å². The first-order valence-electron chi connectivity index (χ1n) is 6.57. The third-order valence-corrected chi connectivity index (χ3v) is 4.36. The van der Waals surface area contributed by atoms with Crippen LogP contribution in [0.15, 0.2) is 22.7 Å². The van der Waals surface area contributed by atoms with Crippen LogP contribution in [0.3, 0.4) is 0 Å². The number of aromatic nitrogens is 1. The Bertz CT molecular complexity index is 733. The maximum absolute atomic E-state index is 12.0. The van der Waals surface area contributed by atoms with Gasteiger partial charge >= 0.3 is 0 Å². The van der Waals surface area contributed by atoms with Crippen LogP contribution in [0.5, 0.6) is 0 Å². The first-order chi connectivity index (χ1) is 9.49. The van der Waals surface area contributed by atoms with Gasteiger partial charge in [0.05, 0.1) is 5.52 Å². The van der Waals surface area contributed by atoms with Crippen LogP contribution >= 0.6 is 15.9 Å². The average Bonchev–Trinajstić information content (AvgIpc) is 2.71. The topological polar surface area (TPSA) is 42.3 Å². The van der Waals surface area contributed by atoms with Crippen molar-refractivity contribution in [1.82, 2.24) is 9.47 Å². The van der Waals surface area contributed by atoms with Gasteiger partial charge in [-0.25, -0.2) is 0 Å². The summed E-state index contributed by atoms with van der Waals surface area (Å²) in [5, 5.41) is 1.05. The van der Waals surface area contributed by atoms with E-state index in [1.54, 1.807) is 18.4 Å². The monoisotopic (exact) mass is 334 g/mol. The van der Waals surface area contributed by atoms with Crippen LogP contribution in [0.25, 0.3) is 10.9 Å². The highest BCUT2D eigenvalue weighted by Crippen LogP contribution is 2.32. The zero-order chi connectivity index (χ0) is 14.4. The lowest BCUT2D eigenvalue weighted by molar-refractivity contribution is -0.129. The summed E-state index contributed by atoms with van der Waals surface area (Å²) in [7, 11) is 0. The molecule has 1 aromatic carbocycles. The summed E-state index contributed by atoms with van der Waals surface area (Å²) < 4.78 is 2.77. The van der Waals surface area contributed by atoms with Gasteiger partial charge in [-0.3, -0.25) is 14.2 Å². The minimum atomic E-state index is 0.0230. The molecule has 0 fully saturated rings. The number of carbonyl (C=O) groups excluding carboxylic acids is 2. The Labute approximate surface area is 125 Å². The van der Waals surface area contributed by atoms with E-state index in [0.717, 1.165) is 33.1 Å². The Balaban J connectivity index is 2.27. The summed E-state index contributed by atoms with van der Waals surface area (Å²) in [6, 6.07) is 5.92. The molecule has 0 spiro atoms. The Morgan fingerprint density at radius 2 is 1.95 bits per heavy atom. The van der Waals surface area contributed by atoms with Gasteiger partial charge < -0.3 is 4.90 Å². The van der Waals surface area contributed by atoms with Crippen molar-refractivity contribution in [2.75, 3.05) is 6.54 Å². The molecule has 0 bridgehead atoms. The van der Waals surface area contributed by atoms with Crippen molar-refractivity contribution in [3.05, 3.63) is 33.9 Å². The molecule has 0 saturated heterocycles. The van der Waals surface area contributed by atoms with Crippen LogP contribution in [0.1, 0.15) is 29.9 Å². The summed E-state index contributed by atoms with van der Waals surface area (Å²) in [6.45, 7) is 4.43. The van der Waals surface area contributed by atoms with E-state index in [9.17, 15) is 9.59 Å². The van der Waals surface area contributed by atoms with Crippen molar-refractivity contribution in [3.63, 3.8) is 0 Å². The van der Waals surface area contributed by atoms with Crippen molar-refractivity contribution in [2.45, 2.75) is 26.8 Å². The molecule has 5 heteroatoms. The van der Waals surface area contributed by atoms with E-state index in [0.29, 0.717) is 13.1 Å². The lowest BCUT2D eigenvalue weighted by Gasteiger charge is -2.26. The largest absolute Gasteiger partial charge is 0.338 e. The Kier molecular flexibility index (Phi) is 3.17. The highest BCUT2D eigenvalue weighted by Gasteiger charge is 2.26. The Hall–Kier alpha value is -1.62. The zero-order valence-electron chi connectivity index (χ0n) is 11.4. The SMILES string of the molecule is CC(=O)N1CCc2c(c3cc(Br)ccc3n2C(C)=O)C1. The second-order valence-corrected chi connectivity index (χ2v) is 6.05. The van der Waals surface area contributed by atoms with Gasteiger partial charge in [0.1, 0.15) is 0 Å². The lowest BCUT2D eigenvalue weighted by Crippen LogP contribution is -2.34. The molecule has 0 saturated carbocycles. The van der Waals surface area contributed by atoms with E-state index in [2.05, 4.69) is 15.9 Å². The van der Waals surface area contributed by atoms with Gasteiger partial charge in [0, 0.05) is 54.5 Å². The van der Waals surface area contributed by atoms with Gasteiger partial charge in [-0.2, -0.15) is 0 Å². The number of rotatable bonds is 0. The van der Waals surface area contributed by atoms with Crippen LogP contribution in [-0.2, 0) is 17.8 Å². The molecule has 0 atom stereocenters. The molecule has 1 aliphatic rings. The van der Waals surface area contributed by atoms with Crippen LogP contribution in [0.4, 0.5) is 0 Å². The minimum Gasteiger partial charge on any atom is -0.338 e. The standard InChI is InChI=1S/C15H15BrN2O2/c1-9(19)17-6-5-15-13(8-17)12-7-11(16)3-4-14(12)18(15)10(2)20/h3-4,7H,5-6,8H2,1-2H3. The van der Waals surface area contributed by atoms with Crippen LogP contribution in [0, 0.1) is 0 Å². The molecule has 2 aromatic rings. The van der Waals surface area contributed by atoms with E-state index >= 15 is 0 Å². The quantitative estimate of drug-likeness (QED) is 0.743. The fraction of sp³-hybridized carbons (Fsp3) is 0.333. The predicted octanol–water partition coefficient (Wildman–Crippen LogP) is 2.97. The molecule has 0 unspecified atom stereocenters. The summed E-state index contributed by atoms with van der Waals surface area (Å²) in [6.07, 6.45) is 0.723. The molecule has 0 N–H and O–H groups in total. The van der Waals surface area contributed by atoms with Crippen molar-refractivity contribution in [3.8, 4) is 0 Å². The molecular formula is C15H15BrN2O2. The van der Waals surface area contributed by atoms with Crippen molar-refractivity contribution in [2.24, 2.45) is 0 Å². The average molecular weight is 335 g/mol. The number of benzene rings is 1. The summed E-state index contributed by atoms with van der Waals surface area (Å²) in [4.78, 5) is 25.4. The molecule has 4 nitrogen and oxygen atoms in total. The van der Waals surface area contributed by atoms with Gasteiger partial charge in [0.25, 0.3) is 0 Å². The summed E-state index contributed by atoms with van der Waals surface area (Å²) in [5.41, 5.74) is 3.07. The molecule has 2 heterocycles. The molecule has 3 rings (SSSR count). The van der Waals surface area contributed by atoms with Crippen molar-refractivity contribution >= 4 is 38.6 Å². The number of amides is 1. The third kappa shape index (κ3) is 1.97. The van der Waals surface area contributed by atoms with E-state index in [1.807, 2.05) is 23.1 Å².